The van der Waals surface area contributed by atoms with Crippen molar-refractivity contribution in [2.45, 2.75) is 73.0 Å². The molecule has 1 amide bonds. The summed E-state index contributed by atoms with van der Waals surface area (Å²) in [5.41, 5.74) is 2.02. The molecule has 1 aromatic carbocycles. The topological polar surface area (TPSA) is 47.6 Å². The summed E-state index contributed by atoms with van der Waals surface area (Å²) in [6.45, 7) is 14.4. The van der Waals surface area contributed by atoms with Crippen molar-refractivity contribution in [2.75, 3.05) is 11.9 Å². The zero-order chi connectivity index (χ0) is 17.6. The average Bonchev–Trinajstić information content (AvgIpc) is 2.50. The summed E-state index contributed by atoms with van der Waals surface area (Å²) < 4.78 is 11.6. The highest BCUT2D eigenvalue weighted by Crippen LogP contribution is 2.29. The number of benzene rings is 1. The van der Waals surface area contributed by atoms with E-state index >= 15 is 0 Å². The summed E-state index contributed by atoms with van der Waals surface area (Å²) in [5.74, 6) is 0.789. The van der Waals surface area contributed by atoms with Gasteiger partial charge in [-0.25, -0.2) is 0 Å². The van der Waals surface area contributed by atoms with Crippen LogP contribution < -0.4 is 10.1 Å². The molecule has 4 nitrogen and oxygen atoms in total. The first-order chi connectivity index (χ1) is 10.8. The van der Waals surface area contributed by atoms with Crippen LogP contribution in [0.3, 0.4) is 0 Å². The first kappa shape index (κ1) is 19.5. The third-order valence-electron chi connectivity index (χ3n) is 4.23. The van der Waals surface area contributed by atoms with E-state index in [4.69, 9.17) is 9.47 Å². The molecule has 0 aliphatic heterocycles. The Morgan fingerprint density at radius 2 is 1.78 bits per heavy atom. The molecule has 0 aromatic heterocycles. The van der Waals surface area contributed by atoms with Crippen molar-refractivity contribution in [3.05, 3.63) is 23.3 Å². The minimum absolute atomic E-state index is 0.115. The molecule has 0 fully saturated rings. The van der Waals surface area contributed by atoms with Crippen molar-refractivity contribution in [3.8, 4) is 5.75 Å². The Morgan fingerprint density at radius 3 is 2.22 bits per heavy atom. The monoisotopic (exact) mass is 321 g/mol. The van der Waals surface area contributed by atoms with Crippen molar-refractivity contribution in [1.82, 2.24) is 0 Å². The number of carbonyl (C=O) groups is 1. The van der Waals surface area contributed by atoms with Crippen LogP contribution in [0.4, 0.5) is 5.69 Å². The van der Waals surface area contributed by atoms with Gasteiger partial charge in [0.25, 0.3) is 5.91 Å². The fraction of sp³-hybridized carbons (Fsp3) is 0.632. The Morgan fingerprint density at radius 1 is 1.22 bits per heavy atom. The number of aryl methyl sites for hydroxylation is 2. The highest BCUT2D eigenvalue weighted by Gasteiger charge is 2.32. The fourth-order valence-electron chi connectivity index (χ4n) is 2.40. The molecule has 1 N–H and O–H groups in total. The van der Waals surface area contributed by atoms with Gasteiger partial charge in [-0.15, -0.1) is 0 Å². The Balaban J connectivity index is 2.97. The first-order valence-corrected chi connectivity index (χ1v) is 8.50. The van der Waals surface area contributed by atoms with E-state index in [0.29, 0.717) is 13.0 Å². The Bertz CT molecular complexity index is 518. The lowest BCUT2D eigenvalue weighted by Gasteiger charge is -2.27. The molecule has 0 aliphatic carbocycles. The number of anilines is 1. The van der Waals surface area contributed by atoms with Crippen LogP contribution in [0, 0.1) is 13.8 Å². The predicted molar refractivity (Wildman–Crippen MR) is 95.2 cm³/mol. The van der Waals surface area contributed by atoms with E-state index in [1.165, 1.54) is 0 Å². The molecule has 130 valence electrons. The number of hydrogen-bond donors (Lipinski definition) is 1. The summed E-state index contributed by atoms with van der Waals surface area (Å²) in [6, 6.07) is 3.90. The molecule has 0 bridgehead atoms. The van der Waals surface area contributed by atoms with Gasteiger partial charge in [-0.1, -0.05) is 13.8 Å². The molecule has 4 heteroatoms. The van der Waals surface area contributed by atoms with E-state index in [0.717, 1.165) is 29.0 Å². The fourth-order valence-corrected chi connectivity index (χ4v) is 2.40. The molecule has 0 saturated heterocycles. The van der Waals surface area contributed by atoms with Crippen LogP contribution in [-0.4, -0.2) is 24.2 Å². The highest BCUT2D eigenvalue weighted by molar-refractivity contribution is 5.97. The number of hydrogen-bond acceptors (Lipinski definition) is 3. The molecule has 0 radical (unpaired) electrons. The number of nitrogens with one attached hydrogen (secondary N) is 1. The minimum atomic E-state index is -0.803. The van der Waals surface area contributed by atoms with Gasteiger partial charge in [0.05, 0.1) is 6.10 Å². The summed E-state index contributed by atoms with van der Waals surface area (Å²) in [7, 11) is 0. The summed E-state index contributed by atoms with van der Waals surface area (Å²) in [4.78, 5) is 12.5. The zero-order valence-electron chi connectivity index (χ0n) is 15.6. The molecular weight excluding hydrogens is 290 g/mol. The van der Waals surface area contributed by atoms with Gasteiger partial charge in [-0.3, -0.25) is 4.79 Å². The van der Waals surface area contributed by atoms with E-state index in [-0.39, 0.29) is 12.0 Å². The van der Waals surface area contributed by atoms with E-state index in [9.17, 15) is 4.79 Å². The maximum absolute atomic E-state index is 12.5. The van der Waals surface area contributed by atoms with Crippen LogP contribution >= 0.6 is 0 Å². The normalized spacial score (nSPS) is 14.9. The summed E-state index contributed by atoms with van der Waals surface area (Å²) >= 11 is 0. The number of amides is 1. The van der Waals surface area contributed by atoms with E-state index < -0.39 is 5.60 Å². The van der Waals surface area contributed by atoms with Crippen molar-refractivity contribution in [3.63, 3.8) is 0 Å². The van der Waals surface area contributed by atoms with Gasteiger partial charge in [-0.2, -0.15) is 0 Å². The average molecular weight is 321 g/mol. The van der Waals surface area contributed by atoms with Crippen LogP contribution in [0.5, 0.6) is 5.75 Å². The van der Waals surface area contributed by atoms with Gasteiger partial charge in [0, 0.05) is 12.3 Å². The van der Waals surface area contributed by atoms with Crippen molar-refractivity contribution < 1.29 is 14.3 Å². The highest BCUT2D eigenvalue weighted by atomic mass is 16.5. The van der Waals surface area contributed by atoms with E-state index in [1.54, 1.807) is 0 Å². The molecule has 1 aromatic rings. The SMILES string of the molecule is CCO[C@@](C)(CC)C(=O)Nc1cc(C)c(O[C@H](C)CC)c(C)c1. The largest absolute Gasteiger partial charge is 0.490 e. The van der Waals surface area contributed by atoms with Gasteiger partial charge in [-0.05, 0) is 70.7 Å². The Kier molecular flexibility index (Phi) is 7.07. The lowest BCUT2D eigenvalue weighted by Crippen LogP contribution is -2.42. The van der Waals surface area contributed by atoms with Crippen LogP contribution in [0.2, 0.25) is 0 Å². The van der Waals surface area contributed by atoms with Gasteiger partial charge in [0.15, 0.2) is 0 Å². The molecule has 1 rings (SSSR count). The molecule has 2 atom stereocenters. The Labute approximate surface area is 140 Å². The van der Waals surface area contributed by atoms with Crippen molar-refractivity contribution in [1.29, 1.82) is 0 Å². The minimum Gasteiger partial charge on any atom is -0.490 e. The number of ether oxygens (including phenoxy) is 2. The smallest absolute Gasteiger partial charge is 0.256 e. The number of rotatable bonds is 8. The molecule has 0 spiro atoms. The maximum Gasteiger partial charge on any atom is 0.256 e. The zero-order valence-corrected chi connectivity index (χ0v) is 15.6. The van der Waals surface area contributed by atoms with Crippen LogP contribution in [0.1, 0.15) is 58.6 Å². The summed E-state index contributed by atoms with van der Waals surface area (Å²) in [6.07, 6.45) is 1.76. The Hall–Kier alpha value is -1.55. The van der Waals surface area contributed by atoms with Crippen LogP contribution in [-0.2, 0) is 9.53 Å². The van der Waals surface area contributed by atoms with Gasteiger partial charge >= 0.3 is 0 Å². The predicted octanol–water partition coefficient (Wildman–Crippen LogP) is 4.62. The van der Waals surface area contributed by atoms with Crippen LogP contribution in [0.15, 0.2) is 12.1 Å². The first-order valence-electron chi connectivity index (χ1n) is 8.50. The molecule has 0 saturated carbocycles. The van der Waals surface area contributed by atoms with E-state index in [2.05, 4.69) is 19.2 Å². The van der Waals surface area contributed by atoms with Gasteiger partial charge in [0.1, 0.15) is 11.4 Å². The van der Waals surface area contributed by atoms with Gasteiger partial charge in [0.2, 0.25) is 0 Å². The molecule has 0 unspecified atom stereocenters. The second kappa shape index (κ2) is 8.34. The summed E-state index contributed by atoms with van der Waals surface area (Å²) in [5, 5.41) is 2.97. The molecular formula is C19H31NO3. The van der Waals surface area contributed by atoms with Crippen molar-refractivity contribution in [2.24, 2.45) is 0 Å². The quantitative estimate of drug-likeness (QED) is 0.759. The maximum atomic E-state index is 12.5. The lowest BCUT2D eigenvalue weighted by molar-refractivity contribution is -0.139. The van der Waals surface area contributed by atoms with Crippen molar-refractivity contribution >= 4 is 11.6 Å². The van der Waals surface area contributed by atoms with Gasteiger partial charge < -0.3 is 14.8 Å². The lowest BCUT2D eigenvalue weighted by atomic mass is 10.0. The molecule has 23 heavy (non-hydrogen) atoms. The standard InChI is InChI=1S/C19H31NO3/c1-8-15(6)23-17-13(4)11-16(12-14(17)5)20-18(21)19(7,9-2)22-10-3/h11-12,15H,8-10H2,1-7H3,(H,20,21)/t15-,19+/m1/s1. The van der Waals surface area contributed by atoms with Crippen LogP contribution in [0.25, 0.3) is 0 Å². The van der Waals surface area contributed by atoms with E-state index in [1.807, 2.05) is 46.8 Å². The second-order valence-corrected chi connectivity index (χ2v) is 6.25. The number of carbonyl (C=O) groups excluding carboxylic acids is 1. The third kappa shape index (κ3) is 4.96. The molecule has 0 heterocycles. The third-order valence-corrected chi connectivity index (χ3v) is 4.23. The second-order valence-electron chi connectivity index (χ2n) is 6.25. The molecule has 0 aliphatic rings.